The summed E-state index contributed by atoms with van der Waals surface area (Å²) in [6.07, 6.45) is 0.956. The predicted octanol–water partition coefficient (Wildman–Crippen LogP) is 4.61. The number of nitrogens with one attached hydrogen (secondary N) is 1. The Bertz CT molecular complexity index is 510. The number of hydrogen-bond donors (Lipinski definition) is 1. The minimum atomic E-state index is 0.302. The largest absolute Gasteiger partial charge is 0.313 e. The van der Waals surface area contributed by atoms with Crippen molar-refractivity contribution in [2.24, 2.45) is 0 Å². The number of rotatable bonds is 4. The third kappa shape index (κ3) is 3.58. The van der Waals surface area contributed by atoms with Gasteiger partial charge in [-0.25, -0.2) is 0 Å². The second-order valence-electron chi connectivity index (χ2n) is 4.23. The first kappa shape index (κ1) is 13.6. The lowest BCUT2D eigenvalue weighted by Gasteiger charge is -2.17. The van der Waals surface area contributed by atoms with Crippen molar-refractivity contribution in [1.82, 2.24) is 5.32 Å². The molecule has 2 aromatic carbocycles. The molecule has 1 unspecified atom stereocenters. The van der Waals surface area contributed by atoms with E-state index in [1.165, 1.54) is 11.1 Å². The van der Waals surface area contributed by atoms with Gasteiger partial charge < -0.3 is 5.32 Å². The zero-order valence-corrected chi connectivity index (χ0v) is 12.5. The Hall–Kier alpha value is -0.830. The zero-order chi connectivity index (χ0) is 13.0. The molecule has 1 atom stereocenters. The van der Waals surface area contributed by atoms with Gasteiger partial charge in [-0.1, -0.05) is 51.8 Å². The molecule has 0 heterocycles. The Labute approximate surface area is 121 Å². The van der Waals surface area contributed by atoms with E-state index in [0.717, 1.165) is 15.9 Å². The summed E-state index contributed by atoms with van der Waals surface area (Å²) >= 11 is 9.42. The summed E-state index contributed by atoms with van der Waals surface area (Å²) in [4.78, 5) is 0. The van der Waals surface area contributed by atoms with Gasteiger partial charge in [0.15, 0.2) is 0 Å². The molecule has 1 N–H and O–H groups in total. The fourth-order valence-corrected chi connectivity index (χ4v) is 2.55. The van der Waals surface area contributed by atoms with Gasteiger partial charge in [-0.3, -0.25) is 0 Å². The van der Waals surface area contributed by atoms with Crippen LogP contribution >= 0.6 is 27.5 Å². The van der Waals surface area contributed by atoms with Gasteiger partial charge in [0.25, 0.3) is 0 Å². The minimum absolute atomic E-state index is 0.302. The summed E-state index contributed by atoms with van der Waals surface area (Å²) in [6, 6.07) is 16.7. The summed E-state index contributed by atoms with van der Waals surface area (Å²) in [7, 11) is 1.98. The van der Waals surface area contributed by atoms with Crippen LogP contribution in [0.5, 0.6) is 0 Å². The second-order valence-corrected chi connectivity index (χ2v) is 5.58. The molecule has 0 fully saturated rings. The SMILES string of the molecule is CNC(Cc1cccc(Br)c1)c1ccc(Cl)cc1. The third-order valence-electron chi connectivity index (χ3n) is 2.95. The van der Waals surface area contributed by atoms with Crippen LogP contribution in [-0.2, 0) is 6.42 Å². The quantitative estimate of drug-likeness (QED) is 0.866. The molecule has 0 aliphatic heterocycles. The van der Waals surface area contributed by atoms with E-state index < -0.39 is 0 Å². The smallest absolute Gasteiger partial charge is 0.0406 e. The van der Waals surface area contributed by atoms with Gasteiger partial charge in [0.2, 0.25) is 0 Å². The molecule has 18 heavy (non-hydrogen) atoms. The first-order valence-corrected chi connectivity index (χ1v) is 7.03. The highest BCUT2D eigenvalue weighted by Crippen LogP contribution is 2.21. The van der Waals surface area contributed by atoms with Crippen molar-refractivity contribution in [3.63, 3.8) is 0 Å². The lowest BCUT2D eigenvalue weighted by Crippen LogP contribution is -2.18. The van der Waals surface area contributed by atoms with E-state index in [9.17, 15) is 0 Å². The van der Waals surface area contributed by atoms with Crippen LogP contribution in [0, 0.1) is 0 Å². The summed E-state index contributed by atoms with van der Waals surface area (Å²) in [5.41, 5.74) is 2.56. The van der Waals surface area contributed by atoms with Crippen LogP contribution in [0.4, 0.5) is 0 Å². The summed E-state index contributed by atoms with van der Waals surface area (Å²) in [5, 5.41) is 4.12. The Morgan fingerprint density at radius 2 is 1.89 bits per heavy atom. The second kappa shape index (κ2) is 6.37. The van der Waals surface area contributed by atoms with Crippen LogP contribution in [0.1, 0.15) is 17.2 Å². The van der Waals surface area contributed by atoms with Gasteiger partial charge in [0, 0.05) is 15.5 Å². The molecular weight excluding hydrogens is 310 g/mol. The van der Waals surface area contributed by atoms with Gasteiger partial charge in [0.1, 0.15) is 0 Å². The van der Waals surface area contributed by atoms with E-state index in [0.29, 0.717) is 6.04 Å². The summed E-state index contributed by atoms with van der Waals surface area (Å²) in [5.74, 6) is 0. The maximum Gasteiger partial charge on any atom is 0.0406 e. The molecular formula is C15H15BrClN. The van der Waals surface area contributed by atoms with Crippen molar-refractivity contribution in [1.29, 1.82) is 0 Å². The molecule has 0 aliphatic carbocycles. The van der Waals surface area contributed by atoms with Gasteiger partial charge in [-0.2, -0.15) is 0 Å². The highest BCUT2D eigenvalue weighted by molar-refractivity contribution is 9.10. The summed E-state index contributed by atoms with van der Waals surface area (Å²) in [6.45, 7) is 0. The highest BCUT2D eigenvalue weighted by Gasteiger charge is 2.10. The molecule has 94 valence electrons. The van der Waals surface area contributed by atoms with E-state index in [1.54, 1.807) is 0 Å². The third-order valence-corrected chi connectivity index (χ3v) is 3.69. The van der Waals surface area contributed by atoms with Crippen LogP contribution in [0.15, 0.2) is 53.0 Å². The van der Waals surface area contributed by atoms with E-state index in [1.807, 2.05) is 25.2 Å². The monoisotopic (exact) mass is 323 g/mol. The maximum atomic E-state index is 5.91. The topological polar surface area (TPSA) is 12.0 Å². The van der Waals surface area contributed by atoms with Gasteiger partial charge >= 0.3 is 0 Å². The Morgan fingerprint density at radius 3 is 2.50 bits per heavy atom. The first-order valence-electron chi connectivity index (χ1n) is 5.86. The molecule has 0 aliphatic rings. The number of benzene rings is 2. The van der Waals surface area contributed by atoms with Crippen molar-refractivity contribution in [2.75, 3.05) is 7.05 Å². The first-order chi connectivity index (χ1) is 8.69. The van der Waals surface area contributed by atoms with Gasteiger partial charge in [-0.05, 0) is 48.9 Å². The fraction of sp³-hybridized carbons (Fsp3) is 0.200. The standard InChI is InChI=1S/C15H15BrClN/c1-18-15(12-5-7-14(17)8-6-12)10-11-3-2-4-13(16)9-11/h2-9,15,18H,10H2,1H3. The molecule has 0 saturated carbocycles. The van der Waals surface area contributed by atoms with E-state index in [4.69, 9.17) is 11.6 Å². The van der Waals surface area contributed by atoms with Crippen molar-refractivity contribution < 1.29 is 0 Å². The summed E-state index contributed by atoms with van der Waals surface area (Å²) < 4.78 is 1.12. The maximum absolute atomic E-state index is 5.91. The fourth-order valence-electron chi connectivity index (χ4n) is 1.98. The van der Waals surface area contributed by atoms with Crippen LogP contribution < -0.4 is 5.32 Å². The average molecular weight is 325 g/mol. The van der Waals surface area contributed by atoms with Crippen molar-refractivity contribution in [2.45, 2.75) is 12.5 Å². The molecule has 0 aromatic heterocycles. The number of halogens is 2. The lowest BCUT2D eigenvalue weighted by atomic mass is 9.99. The van der Waals surface area contributed by atoms with Crippen LogP contribution in [0.3, 0.4) is 0 Å². The molecule has 2 rings (SSSR count). The van der Waals surface area contributed by atoms with Crippen molar-refractivity contribution in [3.05, 3.63) is 69.2 Å². The number of hydrogen-bond acceptors (Lipinski definition) is 1. The molecule has 2 aromatic rings. The molecule has 1 nitrogen and oxygen atoms in total. The molecule has 0 radical (unpaired) electrons. The molecule has 0 saturated heterocycles. The van der Waals surface area contributed by atoms with Gasteiger partial charge in [0.05, 0.1) is 0 Å². The molecule has 0 bridgehead atoms. The highest BCUT2D eigenvalue weighted by atomic mass is 79.9. The van der Waals surface area contributed by atoms with Crippen LogP contribution in [0.2, 0.25) is 5.02 Å². The van der Waals surface area contributed by atoms with E-state index in [-0.39, 0.29) is 0 Å². The Morgan fingerprint density at radius 1 is 1.17 bits per heavy atom. The average Bonchev–Trinajstić information content (AvgIpc) is 2.37. The normalized spacial score (nSPS) is 12.4. The number of likely N-dealkylation sites (N-methyl/N-ethyl adjacent to an activating group) is 1. The molecule has 0 amide bonds. The predicted molar refractivity (Wildman–Crippen MR) is 81.1 cm³/mol. The Kier molecular flexibility index (Phi) is 4.81. The van der Waals surface area contributed by atoms with E-state index >= 15 is 0 Å². The molecule has 0 spiro atoms. The lowest BCUT2D eigenvalue weighted by molar-refractivity contribution is 0.592. The zero-order valence-electron chi connectivity index (χ0n) is 10.2. The van der Waals surface area contributed by atoms with Crippen molar-refractivity contribution >= 4 is 27.5 Å². The Balaban J connectivity index is 2.17. The van der Waals surface area contributed by atoms with Gasteiger partial charge in [-0.15, -0.1) is 0 Å². The molecule has 3 heteroatoms. The van der Waals surface area contributed by atoms with Crippen LogP contribution in [-0.4, -0.2) is 7.05 Å². The minimum Gasteiger partial charge on any atom is -0.313 e. The van der Waals surface area contributed by atoms with E-state index in [2.05, 4.69) is 51.6 Å². The van der Waals surface area contributed by atoms with Crippen LogP contribution in [0.25, 0.3) is 0 Å². The van der Waals surface area contributed by atoms with Crippen molar-refractivity contribution in [3.8, 4) is 0 Å².